The number of carbonyl (C=O) groups excluding carboxylic acids is 1. The third-order valence-corrected chi connectivity index (χ3v) is 3.61. The molecule has 0 aliphatic heterocycles. The van der Waals surface area contributed by atoms with Gasteiger partial charge in [0.2, 0.25) is 0 Å². The summed E-state index contributed by atoms with van der Waals surface area (Å²) in [6.45, 7) is 1.80. The highest BCUT2D eigenvalue weighted by molar-refractivity contribution is 6.31. The van der Waals surface area contributed by atoms with Crippen LogP contribution in [0.4, 0.5) is 0 Å². The average Bonchev–Trinajstić information content (AvgIpc) is 2.56. The SMILES string of the molecule is Cc1cc(OCC(=O)N/N=C/CCc2ccccc2)ccc1Cl. The molecule has 2 rings (SSSR count). The minimum atomic E-state index is -0.298. The van der Waals surface area contributed by atoms with Gasteiger partial charge in [0.25, 0.3) is 5.91 Å². The molecule has 1 N–H and O–H groups in total. The van der Waals surface area contributed by atoms with E-state index in [0.29, 0.717) is 10.8 Å². The number of aryl methyl sites for hydroxylation is 2. The van der Waals surface area contributed by atoms with Crippen LogP contribution in [0.2, 0.25) is 5.02 Å². The van der Waals surface area contributed by atoms with Crippen LogP contribution >= 0.6 is 11.6 Å². The Labute approximate surface area is 141 Å². The van der Waals surface area contributed by atoms with E-state index in [9.17, 15) is 4.79 Å². The molecular formula is C18H19ClN2O2. The van der Waals surface area contributed by atoms with Crippen molar-refractivity contribution in [3.63, 3.8) is 0 Å². The number of halogens is 1. The van der Waals surface area contributed by atoms with Crippen LogP contribution < -0.4 is 10.2 Å². The van der Waals surface area contributed by atoms with Crippen LogP contribution in [-0.4, -0.2) is 18.7 Å². The van der Waals surface area contributed by atoms with Gasteiger partial charge < -0.3 is 4.74 Å². The fourth-order valence-electron chi connectivity index (χ4n) is 1.95. The quantitative estimate of drug-likeness (QED) is 0.620. The van der Waals surface area contributed by atoms with Crippen molar-refractivity contribution in [3.05, 3.63) is 64.7 Å². The molecule has 0 spiro atoms. The van der Waals surface area contributed by atoms with Crippen molar-refractivity contribution in [2.75, 3.05) is 6.61 Å². The Morgan fingerprint density at radius 2 is 2.04 bits per heavy atom. The van der Waals surface area contributed by atoms with E-state index in [1.807, 2.05) is 25.1 Å². The Balaban J connectivity index is 1.66. The van der Waals surface area contributed by atoms with E-state index in [-0.39, 0.29) is 12.5 Å². The first-order valence-electron chi connectivity index (χ1n) is 7.38. The Morgan fingerprint density at radius 3 is 2.78 bits per heavy atom. The second-order valence-electron chi connectivity index (χ2n) is 5.07. The summed E-state index contributed by atoms with van der Waals surface area (Å²) in [5.41, 5.74) is 4.59. The average molecular weight is 331 g/mol. The van der Waals surface area contributed by atoms with Gasteiger partial charge in [-0.05, 0) is 49.1 Å². The van der Waals surface area contributed by atoms with Crippen molar-refractivity contribution >= 4 is 23.7 Å². The molecule has 120 valence electrons. The van der Waals surface area contributed by atoms with E-state index in [0.717, 1.165) is 18.4 Å². The van der Waals surface area contributed by atoms with Crippen LogP contribution in [0.1, 0.15) is 17.5 Å². The Hall–Kier alpha value is -2.33. The summed E-state index contributed by atoms with van der Waals surface area (Å²) in [6, 6.07) is 15.4. The molecule has 0 aromatic heterocycles. The number of benzene rings is 2. The van der Waals surface area contributed by atoms with Gasteiger partial charge in [-0.25, -0.2) is 5.43 Å². The van der Waals surface area contributed by atoms with Crippen LogP contribution in [0.15, 0.2) is 53.6 Å². The number of hydrogen-bond donors (Lipinski definition) is 1. The molecule has 0 saturated heterocycles. The number of rotatable bonds is 7. The van der Waals surface area contributed by atoms with Crippen molar-refractivity contribution in [3.8, 4) is 5.75 Å². The molecule has 0 fully saturated rings. The van der Waals surface area contributed by atoms with Gasteiger partial charge in [0.1, 0.15) is 5.75 Å². The number of hydrogen-bond acceptors (Lipinski definition) is 3. The van der Waals surface area contributed by atoms with Gasteiger partial charge in [-0.3, -0.25) is 4.79 Å². The van der Waals surface area contributed by atoms with Gasteiger partial charge in [0, 0.05) is 11.2 Å². The number of nitrogens with one attached hydrogen (secondary N) is 1. The number of ether oxygens (including phenoxy) is 1. The third-order valence-electron chi connectivity index (χ3n) is 3.18. The smallest absolute Gasteiger partial charge is 0.277 e. The van der Waals surface area contributed by atoms with Gasteiger partial charge in [-0.1, -0.05) is 41.9 Å². The summed E-state index contributed by atoms with van der Waals surface area (Å²) in [6.07, 6.45) is 3.35. The topological polar surface area (TPSA) is 50.7 Å². The lowest BCUT2D eigenvalue weighted by molar-refractivity contribution is -0.123. The molecule has 0 saturated carbocycles. The molecule has 0 atom stereocenters. The van der Waals surface area contributed by atoms with Crippen molar-refractivity contribution < 1.29 is 9.53 Å². The first kappa shape index (κ1) is 17.0. The summed E-state index contributed by atoms with van der Waals surface area (Å²) >= 11 is 5.93. The number of hydrazone groups is 1. The zero-order valence-corrected chi connectivity index (χ0v) is 13.7. The molecule has 2 aromatic carbocycles. The van der Waals surface area contributed by atoms with E-state index in [2.05, 4.69) is 22.7 Å². The zero-order valence-electron chi connectivity index (χ0n) is 13.0. The van der Waals surface area contributed by atoms with E-state index < -0.39 is 0 Å². The molecule has 0 unspecified atom stereocenters. The van der Waals surface area contributed by atoms with Gasteiger partial charge in [0.15, 0.2) is 6.61 Å². The van der Waals surface area contributed by atoms with E-state index in [1.54, 1.807) is 24.4 Å². The summed E-state index contributed by atoms with van der Waals surface area (Å²) in [7, 11) is 0. The summed E-state index contributed by atoms with van der Waals surface area (Å²) in [4.78, 5) is 11.6. The van der Waals surface area contributed by atoms with E-state index in [1.165, 1.54) is 5.56 Å². The maximum atomic E-state index is 11.6. The molecule has 0 bridgehead atoms. The van der Waals surface area contributed by atoms with Crippen LogP contribution in [0.25, 0.3) is 0 Å². The lowest BCUT2D eigenvalue weighted by Gasteiger charge is -2.06. The zero-order chi connectivity index (χ0) is 16.5. The van der Waals surface area contributed by atoms with Gasteiger partial charge in [-0.15, -0.1) is 0 Å². The molecule has 0 aliphatic carbocycles. The molecule has 5 heteroatoms. The Bertz CT molecular complexity index is 672. The minimum absolute atomic E-state index is 0.0862. The molecular weight excluding hydrogens is 312 g/mol. The molecule has 23 heavy (non-hydrogen) atoms. The molecule has 2 aromatic rings. The van der Waals surface area contributed by atoms with Gasteiger partial charge in [-0.2, -0.15) is 5.10 Å². The largest absolute Gasteiger partial charge is 0.484 e. The maximum Gasteiger partial charge on any atom is 0.277 e. The van der Waals surface area contributed by atoms with Crippen molar-refractivity contribution in [1.82, 2.24) is 5.43 Å². The predicted octanol–water partition coefficient (Wildman–Crippen LogP) is 3.76. The summed E-state index contributed by atoms with van der Waals surface area (Å²) < 4.78 is 5.39. The summed E-state index contributed by atoms with van der Waals surface area (Å²) in [5.74, 6) is 0.309. The Morgan fingerprint density at radius 1 is 1.26 bits per heavy atom. The van der Waals surface area contributed by atoms with E-state index in [4.69, 9.17) is 16.3 Å². The number of carbonyl (C=O) groups is 1. The molecule has 4 nitrogen and oxygen atoms in total. The third kappa shape index (κ3) is 6.12. The Kier molecular flexibility index (Phi) is 6.63. The van der Waals surface area contributed by atoms with Crippen LogP contribution in [0.5, 0.6) is 5.75 Å². The second kappa shape index (κ2) is 8.96. The second-order valence-corrected chi connectivity index (χ2v) is 5.48. The minimum Gasteiger partial charge on any atom is -0.484 e. The molecule has 1 amide bonds. The maximum absolute atomic E-state index is 11.6. The number of nitrogens with zero attached hydrogens (tertiary/aromatic N) is 1. The predicted molar refractivity (Wildman–Crippen MR) is 93.1 cm³/mol. The highest BCUT2D eigenvalue weighted by atomic mass is 35.5. The van der Waals surface area contributed by atoms with Crippen molar-refractivity contribution in [2.24, 2.45) is 5.10 Å². The summed E-state index contributed by atoms with van der Waals surface area (Å²) in [5, 5.41) is 4.58. The highest BCUT2D eigenvalue weighted by Gasteiger charge is 2.03. The van der Waals surface area contributed by atoms with E-state index >= 15 is 0 Å². The standard InChI is InChI=1S/C18H19ClN2O2/c1-14-12-16(9-10-17(14)19)23-13-18(22)21-20-11-5-8-15-6-3-2-4-7-15/h2-4,6-7,9-12H,5,8,13H2,1H3,(H,21,22)/b20-11+. The molecule has 0 radical (unpaired) electrons. The highest BCUT2D eigenvalue weighted by Crippen LogP contribution is 2.20. The first-order valence-corrected chi connectivity index (χ1v) is 7.76. The van der Waals surface area contributed by atoms with Crippen LogP contribution in [0, 0.1) is 6.92 Å². The lowest BCUT2D eigenvalue weighted by atomic mass is 10.1. The molecule has 0 heterocycles. The fourth-order valence-corrected chi connectivity index (χ4v) is 2.06. The monoisotopic (exact) mass is 330 g/mol. The normalized spacial score (nSPS) is 10.7. The molecule has 0 aliphatic rings. The van der Waals surface area contributed by atoms with Gasteiger partial charge in [0.05, 0.1) is 0 Å². The first-order chi connectivity index (χ1) is 11.1. The van der Waals surface area contributed by atoms with Crippen molar-refractivity contribution in [2.45, 2.75) is 19.8 Å². The fraction of sp³-hybridized carbons (Fsp3) is 0.222. The van der Waals surface area contributed by atoms with Gasteiger partial charge >= 0.3 is 0 Å². The number of amides is 1. The van der Waals surface area contributed by atoms with Crippen LogP contribution in [0.3, 0.4) is 0 Å². The van der Waals surface area contributed by atoms with Crippen molar-refractivity contribution in [1.29, 1.82) is 0 Å². The lowest BCUT2D eigenvalue weighted by Crippen LogP contribution is -2.24. The van der Waals surface area contributed by atoms with Crippen LogP contribution in [-0.2, 0) is 11.2 Å².